The lowest BCUT2D eigenvalue weighted by atomic mass is 9.99. The van der Waals surface area contributed by atoms with Crippen LogP contribution in [0.25, 0.3) is 11.1 Å². The first-order chi connectivity index (χ1) is 16.2. The third-order valence-corrected chi connectivity index (χ3v) is 6.83. The van der Waals surface area contributed by atoms with E-state index in [9.17, 15) is 5.26 Å². The maximum atomic E-state index is 9.42. The number of rotatable bonds is 9. The summed E-state index contributed by atoms with van der Waals surface area (Å²) in [6, 6.07) is 27.0. The molecule has 0 aliphatic rings. The predicted molar refractivity (Wildman–Crippen MR) is 135 cm³/mol. The van der Waals surface area contributed by atoms with Gasteiger partial charge in [0.1, 0.15) is 5.82 Å². The average molecular weight is 453 g/mol. The zero-order valence-electron chi connectivity index (χ0n) is 19.2. The van der Waals surface area contributed by atoms with Gasteiger partial charge in [0.2, 0.25) is 0 Å². The van der Waals surface area contributed by atoms with Gasteiger partial charge < -0.3 is 4.57 Å². The molecule has 0 saturated carbocycles. The van der Waals surface area contributed by atoms with Gasteiger partial charge in [-0.1, -0.05) is 91.8 Å². The van der Waals surface area contributed by atoms with Crippen molar-refractivity contribution in [2.24, 2.45) is 0 Å². The third-order valence-electron chi connectivity index (χ3n) is 5.82. The Hall–Kier alpha value is -3.36. The molecule has 4 aromatic rings. The van der Waals surface area contributed by atoms with Crippen LogP contribution in [0.4, 0.5) is 0 Å². The summed E-state index contributed by atoms with van der Waals surface area (Å²) in [6.07, 6.45) is 3.16. The predicted octanol–water partition coefficient (Wildman–Crippen LogP) is 6.81. The Balaban J connectivity index is 1.56. The standard InChI is InChI=1S/C28H28N4S/c1-3-4-13-27-30-31-28(33-20-25-11-6-5-9-21(25)2)32(27)19-22-14-16-23(17-15-22)26-12-8-7-10-24(26)18-29/h5-12,14-17H,3-4,13,19-20H2,1-2H3. The van der Waals surface area contributed by atoms with Crippen molar-refractivity contribution in [2.75, 3.05) is 0 Å². The Morgan fingerprint density at radius 2 is 1.70 bits per heavy atom. The highest BCUT2D eigenvalue weighted by molar-refractivity contribution is 7.98. The molecule has 5 heteroatoms. The Morgan fingerprint density at radius 1 is 0.939 bits per heavy atom. The first-order valence-corrected chi connectivity index (χ1v) is 12.4. The van der Waals surface area contributed by atoms with Gasteiger partial charge in [-0.3, -0.25) is 0 Å². The summed E-state index contributed by atoms with van der Waals surface area (Å²) in [7, 11) is 0. The molecule has 0 aliphatic carbocycles. The van der Waals surface area contributed by atoms with Gasteiger partial charge in [0.05, 0.1) is 18.2 Å². The number of nitriles is 1. The van der Waals surface area contributed by atoms with E-state index in [1.165, 1.54) is 16.7 Å². The molecule has 0 radical (unpaired) electrons. The summed E-state index contributed by atoms with van der Waals surface area (Å²) in [5, 5.41) is 19.4. The molecule has 33 heavy (non-hydrogen) atoms. The second-order valence-corrected chi connectivity index (χ2v) is 9.10. The molecule has 0 fully saturated rings. The van der Waals surface area contributed by atoms with Crippen molar-refractivity contribution in [2.45, 2.75) is 50.6 Å². The van der Waals surface area contributed by atoms with Crippen LogP contribution in [0.1, 0.15) is 47.8 Å². The molecule has 0 atom stereocenters. The van der Waals surface area contributed by atoms with Gasteiger partial charge in [-0.2, -0.15) is 5.26 Å². The molecular formula is C28H28N4S. The number of aryl methyl sites for hydroxylation is 2. The molecule has 0 spiro atoms. The molecule has 4 nitrogen and oxygen atoms in total. The van der Waals surface area contributed by atoms with Gasteiger partial charge in [0, 0.05) is 12.2 Å². The fraction of sp³-hybridized carbons (Fsp3) is 0.250. The van der Waals surface area contributed by atoms with E-state index in [2.05, 4.69) is 83.2 Å². The maximum Gasteiger partial charge on any atom is 0.191 e. The van der Waals surface area contributed by atoms with E-state index in [4.69, 9.17) is 0 Å². The molecule has 4 rings (SSSR count). The lowest BCUT2D eigenvalue weighted by molar-refractivity contribution is 0.642. The lowest BCUT2D eigenvalue weighted by Gasteiger charge is -2.12. The highest BCUT2D eigenvalue weighted by atomic mass is 32.2. The smallest absolute Gasteiger partial charge is 0.191 e. The molecule has 0 bridgehead atoms. The SMILES string of the molecule is CCCCc1nnc(SCc2ccccc2C)n1Cc1ccc(-c2ccccc2C#N)cc1. The summed E-state index contributed by atoms with van der Waals surface area (Å²) in [5.41, 5.74) is 6.54. The van der Waals surface area contributed by atoms with E-state index in [0.717, 1.165) is 53.7 Å². The maximum absolute atomic E-state index is 9.42. The first-order valence-electron chi connectivity index (χ1n) is 11.4. The topological polar surface area (TPSA) is 54.5 Å². The molecule has 1 aromatic heterocycles. The zero-order chi connectivity index (χ0) is 23.0. The number of nitrogens with zero attached hydrogens (tertiary/aromatic N) is 4. The number of hydrogen-bond acceptors (Lipinski definition) is 4. The Labute approximate surface area is 200 Å². The van der Waals surface area contributed by atoms with E-state index >= 15 is 0 Å². The van der Waals surface area contributed by atoms with Crippen LogP contribution in [-0.2, 0) is 18.7 Å². The van der Waals surface area contributed by atoms with Crippen LogP contribution in [0.15, 0.2) is 78.0 Å². The summed E-state index contributed by atoms with van der Waals surface area (Å²) < 4.78 is 2.26. The lowest BCUT2D eigenvalue weighted by Crippen LogP contribution is -2.07. The molecule has 0 N–H and O–H groups in total. The summed E-state index contributed by atoms with van der Waals surface area (Å²) >= 11 is 1.75. The third kappa shape index (κ3) is 5.53. The highest BCUT2D eigenvalue weighted by Crippen LogP contribution is 2.27. The van der Waals surface area contributed by atoms with Crippen LogP contribution >= 0.6 is 11.8 Å². The molecule has 0 unspecified atom stereocenters. The van der Waals surface area contributed by atoms with Crippen molar-refractivity contribution in [3.63, 3.8) is 0 Å². The van der Waals surface area contributed by atoms with Crippen LogP contribution < -0.4 is 0 Å². The van der Waals surface area contributed by atoms with Crippen molar-refractivity contribution in [3.8, 4) is 17.2 Å². The van der Waals surface area contributed by atoms with E-state index in [-0.39, 0.29) is 0 Å². The number of aromatic nitrogens is 3. The normalized spacial score (nSPS) is 10.8. The van der Waals surface area contributed by atoms with E-state index < -0.39 is 0 Å². The van der Waals surface area contributed by atoms with Gasteiger partial charge in [-0.15, -0.1) is 10.2 Å². The first kappa shape index (κ1) is 22.8. The minimum Gasteiger partial charge on any atom is -0.302 e. The van der Waals surface area contributed by atoms with Crippen molar-refractivity contribution in [1.82, 2.24) is 14.8 Å². The van der Waals surface area contributed by atoms with Crippen LogP contribution in [0, 0.1) is 18.3 Å². The molecule has 1 heterocycles. The van der Waals surface area contributed by atoms with E-state index in [0.29, 0.717) is 5.56 Å². The van der Waals surface area contributed by atoms with Gasteiger partial charge in [-0.25, -0.2) is 0 Å². The Bertz CT molecular complexity index is 1250. The van der Waals surface area contributed by atoms with Crippen LogP contribution in [0.5, 0.6) is 0 Å². The number of hydrogen-bond donors (Lipinski definition) is 0. The second kappa shape index (κ2) is 11.0. The van der Waals surface area contributed by atoms with Crippen LogP contribution in [0.2, 0.25) is 0 Å². The molecular weight excluding hydrogens is 424 g/mol. The summed E-state index contributed by atoms with van der Waals surface area (Å²) in [6.45, 7) is 5.09. The van der Waals surface area contributed by atoms with Crippen molar-refractivity contribution >= 4 is 11.8 Å². The number of benzene rings is 3. The van der Waals surface area contributed by atoms with Crippen molar-refractivity contribution in [1.29, 1.82) is 5.26 Å². The molecule has 0 amide bonds. The summed E-state index contributed by atoms with van der Waals surface area (Å²) in [5.74, 6) is 1.92. The minimum atomic E-state index is 0.695. The molecule has 166 valence electrons. The Kier molecular flexibility index (Phi) is 7.59. The van der Waals surface area contributed by atoms with E-state index in [1.54, 1.807) is 11.8 Å². The summed E-state index contributed by atoms with van der Waals surface area (Å²) in [4.78, 5) is 0. The van der Waals surface area contributed by atoms with Crippen molar-refractivity contribution in [3.05, 3.63) is 101 Å². The van der Waals surface area contributed by atoms with Gasteiger partial charge in [0.25, 0.3) is 0 Å². The van der Waals surface area contributed by atoms with E-state index in [1.807, 2.05) is 24.3 Å². The highest BCUT2D eigenvalue weighted by Gasteiger charge is 2.14. The van der Waals surface area contributed by atoms with Gasteiger partial charge in [0.15, 0.2) is 5.16 Å². The number of thioether (sulfide) groups is 1. The minimum absolute atomic E-state index is 0.695. The quantitative estimate of drug-likeness (QED) is 0.262. The molecule has 3 aromatic carbocycles. The van der Waals surface area contributed by atoms with Gasteiger partial charge >= 0.3 is 0 Å². The molecule has 0 aliphatic heterocycles. The second-order valence-electron chi connectivity index (χ2n) is 8.16. The number of unbranched alkanes of at least 4 members (excludes halogenated alkanes) is 1. The zero-order valence-corrected chi connectivity index (χ0v) is 20.0. The molecule has 0 saturated heterocycles. The average Bonchev–Trinajstić information content (AvgIpc) is 3.23. The van der Waals surface area contributed by atoms with Gasteiger partial charge in [-0.05, 0) is 47.2 Å². The Morgan fingerprint density at radius 3 is 2.45 bits per heavy atom. The van der Waals surface area contributed by atoms with Crippen molar-refractivity contribution < 1.29 is 0 Å². The van der Waals surface area contributed by atoms with Crippen LogP contribution in [0.3, 0.4) is 0 Å². The monoisotopic (exact) mass is 452 g/mol. The largest absolute Gasteiger partial charge is 0.302 e. The fourth-order valence-corrected chi connectivity index (χ4v) is 4.86. The fourth-order valence-electron chi connectivity index (χ4n) is 3.82. The van der Waals surface area contributed by atoms with Crippen LogP contribution in [-0.4, -0.2) is 14.8 Å².